The van der Waals surface area contributed by atoms with Gasteiger partial charge in [-0.15, -0.1) is 11.3 Å². The number of nitrogens with zero attached hydrogens (tertiary/aromatic N) is 1. The fourth-order valence-corrected chi connectivity index (χ4v) is 5.62. The highest BCUT2D eigenvalue weighted by atomic mass is 35.5. The number of nitrogens with one attached hydrogen (secondary N) is 2. The van der Waals surface area contributed by atoms with Gasteiger partial charge in [0.25, 0.3) is 11.8 Å². The summed E-state index contributed by atoms with van der Waals surface area (Å²) in [6, 6.07) is 6.51. The van der Waals surface area contributed by atoms with Crippen molar-refractivity contribution in [2.24, 2.45) is 0 Å². The van der Waals surface area contributed by atoms with E-state index in [2.05, 4.69) is 10.6 Å². The van der Waals surface area contributed by atoms with Crippen molar-refractivity contribution in [3.8, 4) is 0 Å². The van der Waals surface area contributed by atoms with Crippen LogP contribution in [0.25, 0.3) is 0 Å². The molecule has 3 N–H and O–H groups in total. The van der Waals surface area contributed by atoms with Crippen molar-refractivity contribution in [1.29, 1.82) is 0 Å². The third kappa shape index (κ3) is 6.20. The zero-order chi connectivity index (χ0) is 29.7. The van der Waals surface area contributed by atoms with E-state index in [-0.39, 0.29) is 50.4 Å². The Morgan fingerprint density at radius 2 is 2.15 bits per heavy atom. The summed E-state index contributed by atoms with van der Waals surface area (Å²) in [6.45, 7) is 1.59. The van der Waals surface area contributed by atoms with E-state index in [4.69, 9.17) is 25.8 Å². The lowest BCUT2D eigenvalue weighted by molar-refractivity contribution is -0.202. The Hall–Kier alpha value is -3.59. The van der Waals surface area contributed by atoms with Gasteiger partial charge in [0.1, 0.15) is 18.2 Å². The second-order valence-corrected chi connectivity index (χ2v) is 11.0. The molecule has 220 valence electrons. The van der Waals surface area contributed by atoms with E-state index in [1.165, 1.54) is 12.1 Å². The first-order valence-electron chi connectivity index (χ1n) is 12.6. The molecule has 2 fully saturated rings. The van der Waals surface area contributed by atoms with Crippen LogP contribution in [0.3, 0.4) is 0 Å². The minimum Gasteiger partial charge on any atom is -0.479 e. The number of carboxylic acids is 1. The minimum atomic E-state index is -2.49. The van der Waals surface area contributed by atoms with Gasteiger partial charge in [0, 0.05) is 13.2 Å². The number of carboxylic acid groups (broad SMARTS) is 1. The van der Waals surface area contributed by atoms with Crippen molar-refractivity contribution in [2.75, 3.05) is 37.7 Å². The average molecular weight is 612 g/mol. The van der Waals surface area contributed by atoms with E-state index in [0.717, 1.165) is 22.3 Å². The summed E-state index contributed by atoms with van der Waals surface area (Å²) in [7, 11) is 0. The lowest BCUT2D eigenvalue weighted by Crippen LogP contribution is -2.64. The van der Waals surface area contributed by atoms with Crippen LogP contribution in [0.2, 0.25) is 4.34 Å². The number of aliphatic carboxylic acids is 1. The van der Waals surface area contributed by atoms with Crippen LogP contribution in [0, 0.1) is 5.82 Å². The van der Waals surface area contributed by atoms with Crippen LogP contribution in [-0.2, 0) is 28.6 Å². The van der Waals surface area contributed by atoms with Crippen LogP contribution < -0.4 is 15.5 Å². The van der Waals surface area contributed by atoms with Crippen LogP contribution in [0.4, 0.5) is 14.9 Å². The molecule has 4 rings (SSSR count). The number of benzene rings is 1. The van der Waals surface area contributed by atoms with Gasteiger partial charge in [0.05, 0.1) is 40.5 Å². The molecule has 0 radical (unpaired) electrons. The number of rotatable bonds is 12. The fourth-order valence-electron chi connectivity index (χ4n) is 4.66. The number of carbonyl (C=O) groups excluding carboxylic acids is 4. The van der Waals surface area contributed by atoms with Crippen molar-refractivity contribution in [3.63, 3.8) is 0 Å². The van der Waals surface area contributed by atoms with Crippen LogP contribution in [-0.4, -0.2) is 85.9 Å². The number of morpholine rings is 1. The predicted molar refractivity (Wildman–Crippen MR) is 144 cm³/mol. The molecule has 12 nitrogen and oxygen atoms in total. The second-order valence-electron chi connectivity index (χ2n) is 9.24. The second kappa shape index (κ2) is 12.9. The maximum atomic E-state index is 15.5. The van der Waals surface area contributed by atoms with Gasteiger partial charge in [-0.3, -0.25) is 14.5 Å². The maximum absolute atomic E-state index is 15.5. The molecular formula is C26H27ClFN3O9S. The number of carbonyl (C=O) groups is 5. The third-order valence-corrected chi connectivity index (χ3v) is 7.80. The summed E-state index contributed by atoms with van der Waals surface area (Å²) >= 11 is 6.93. The predicted octanol–water partition coefficient (Wildman–Crippen LogP) is 2.34. The first-order chi connectivity index (χ1) is 19.6. The number of amides is 3. The van der Waals surface area contributed by atoms with Crippen molar-refractivity contribution in [3.05, 3.63) is 50.9 Å². The summed E-state index contributed by atoms with van der Waals surface area (Å²) in [5.74, 6) is -5.42. The number of aldehydes is 1. The van der Waals surface area contributed by atoms with E-state index in [1.807, 2.05) is 0 Å². The smallest absolute Gasteiger partial charge is 0.414 e. The standard InChI is InChI=1S/C26H27ClFN3O9S/c1-2-8-39-26(24(35)36,21-23(34)29-7-9-38-21)16(13-32)14-3-4-18(17(28)10-14)31-12-15(40-25(31)37)11-30-22(33)19-5-6-20(27)41-19/h3-6,10,13,15-16,21H,2,7-9,11-12H2,1H3,(H,29,34)(H,30,33)(H,35,36)/t15-,16?,21?,26?/m0/s1. The summed E-state index contributed by atoms with van der Waals surface area (Å²) in [5.41, 5.74) is -2.78. The Morgan fingerprint density at radius 3 is 2.76 bits per heavy atom. The molecule has 0 saturated carbocycles. The first-order valence-corrected chi connectivity index (χ1v) is 13.8. The lowest BCUT2D eigenvalue weighted by atomic mass is 9.77. The summed E-state index contributed by atoms with van der Waals surface area (Å²) < 4.78 is 32.3. The Bertz CT molecular complexity index is 1340. The van der Waals surface area contributed by atoms with E-state index in [1.54, 1.807) is 19.1 Å². The van der Waals surface area contributed by atoms with Crippen LogP contribution in [0.15, 0.2) is 30.3 Å². The number of halogens is 2. The molecular weight excluding hydrogens is 585 g/mol. The number of anilines is 1. The van der Waals surface area contributed by atoms with Gasteiger partial charge < -0.3 is 34.7 Å². The molecule has 2 aliphatic rings. The number of hydrogen-bond donors (Lipinski definition) is 3. The van der Waals surface area contributed by atoms with E-state index >= 15 is 4.39 Å². The van der Waals surface area contributed by atoms with Crippen molar-refractivity contribution >= 4 is 58.8 Å². The quantitative estimate of drug-likeness (QED) is 0.306. The van der Waals surface area contributed by atoms with Gasteiger partial charge in [0.2, 0.25) is 5.60 Å². The van der Waals surface area contributed by atoms with Gasteiger partial charge in [-0.2, -0.15) is 0 Å². The van der Waals surface area contributed by atoms with Gasteiger partial charge in [-0.25, -0.2) is 14.0 Å². The normalized spacial score (nSPS) is 21.0. The number of ether oxygens (including phenoxy) is 3. The first kappa shape index (κ1) is 30.4. The van der Waals surface area contributed by atoms with E-state index in [0.29, 0.717) is 15.6 Å². The monoisotopic (exact) mass is 611 g/mol. The van der Waals surface area contributed by atoms with Gasteiger partial charge >= 0.3 is 12.1 Å². The molecule has 0 bridgehead atoms. The summed E-state index contributed by atoms with van der Waals surface area (Å²) in [4.78, 5) is 63.9. The largest absolute Gasteiger partial charge is 0.479 e. The molecule has 3 unspecified atom stereocenters. The summed E-state index contributed by atoms with van der Waals surface area (Å²) in [5, 5.41) is 15.4. The molecule has 3 heterocycles. The SMILES string of the molecule is CCCOC(C(=O)O)(C1OCCNC1=O)C(C=O)c1ccc(N2C[C@H](CNC(=O)c3ccc(Cl)s3)OC2=O)c(F)c1. The van der Waals surface area contributed by atoms with E-state index < -0.39 is 53.4 Å². The molecule has 2 aliphatic heterocycles. The van der Waals surface area contributed by atoms with Crippen molar-refractivity contribution in [2.45, 2.75) is 37.1 Å². The highest BCUT2D eigenvalue weighted by Crippen LogP contribution is 2.38. The highest BCUT2D eigenvalue weighted by molar-refractivity contribution is 7.18. The molecule has 2 aromatic rings. The number of hydrogen-bond acceptors (Lipinski definition) is 9. The molecule has 15 heteroatoms. The van der Waals surface area contributed by atoms with Crippen LogP contribution >= 0.6 is 22.9 Å². The molecule has 1 aromatic carbocycles. The number of thiophene rings is 1. The fraction of sp³-hybridized carbons (Fsp3) is 0.423. The molecule has 2 saturated heterocycles. The molecule has 4 atom stereocenters. The lowest BCUT2D eigenvalue weighted by Gasteiger charge is -2.41. The zero-order valence-corrected chi connectivity index (χ0v) is 23.3. The molecule has 1 aromatic heterocycles. The van der Waals surface area contributed by atoms with Gasteiger partial charge in [0.15, 0.2) is 6.10 Å². The zero-order valence-electron chi connectivity index (χ0n) is 21.8. The van der Waals surface area contributed by atoms with Crippen LogP contribution in [0.5, 0.6) is 0 Å². The highest BCUT2D eigenvalue weighted by Gasteiger charge is 2.58. The summed E-state index contributed by atoms with van der Waals surface area (Å²) in [6.07, 6.45) is -2.70. The molecule has 41 heavy (non-hydrogen) atoms. The maximum Gasteiger partial charge on any atom is 0.414 e. The van der Waals surface area contributed by atoms with E-state index in [9.17, 15) is 29.1 Å². The van der Waals surface area contributed by atoms with Crippen LogP contribution in [0.1, 0.15) is 34.5 Å². The minimum absolute atomic E-state index is 0.0143. The Balaban J connectivity index is 1.56. The Morgan fingerprint density at radius 1 is 1.37 bits per heavy atom. The van der Waals surface area contributed by atoms with Gasteiger partial charge in [-0.05, 0) is 36.2 Å². The Labute approximate surface area is 242 Å². The topological polar surface area (TPSA) is 161 Å². The molecule has 3 amide bonds. The average Bonchev–Trinajstić information content (AvgIpc) is 3.55. The van der Waals surface area contributed by atoms with Crippen molar-refractivity contribution < 1.29 is 47.7 Å². The van der Waals surface area contributed by atoms with Crippen molar-refractivity contribution in [1.82, 2.24) is 10.6 Å². The number of cyclic esters (lactones) is 1. The molecule has 0 aliphatic carbocycles. The molecule has 0 spiro atoms. The Kier molecular flexibility index (Phi) is 9.58. The third-order valence-electron chi connectivity index (χ3n) is 6.57. The van der Waals surface area contributed by atoms with Gasteiger partial charge in [-0.1, -0.05) is 24.6 Å².